The number of carboxylic acid groups (broad SMARTS) is 1. The van der Waals surface area contributed by atoms with Crippen molar-refractivity contribution in [3.63, 3.8) is 0 Å². The summed E-state index contributed by atoms with van der Waals surface area (Å²) in [7, 11) is 1.80. The van der Waals surface area contributed by atoms with Crippen molar-refractivity contribution in [1.29, 1.82) is 0 Å². The molecule has 0 saturated carbocycles. The Kier molecular flexibility index (Phi) is 20.7. The van der Waals surface area contributed by atoms with Crippen LogP contribution in [0.25, 0.3) is 0 Å². The fourth-order valence-electron chi connectivity index (χ4n) is 5.99. The van der Waals surface area contributed by atoms with Crippen molar-refractivity contribution in [2.24, 2.45) is 17.8 Å². The summed E-state index contributed by atoms with van der Waals surface area (Å²) in [6.07, 6.45) is 12.8. The number of aliphatic hydroxyl groups is 1. The zero-order chi connectivity index (χ0) is 32.3. The third kappa shape index (κ3) is 13.1. The highest BCUT2D eigenvalue weighted by Gasteiger charge is 2.40. The van der Waals surface area contributed by atoms with Crippen LogP contribution in [0.3, 0.4) is 0 Å². The number of aryl methyl sites for hydroxylation is 2. The smallest absolute Gasteiger partial charge is 0.290 e. The second kappa shape index (κ2) is 21.7. The molecular formula is C35H62O7. The van der Waals surface area contributed by atoms with Crippen LogP contribution in [0.4, 0.5) is 0 Å². The molecular weight excluding hydrogens is 532 g/mol. The number of benzene rings is 1. The Morgan fingerprint density at radius 3 is 2.21 bits per heavy atom. The van der Waals surface area contributed by atoms with Crippen molar-refractivity contribution in [2.75, 3.05) is 7.11 Å². The van der Waals surface area contributed by atoms with Crippen molar-refractivity contribution < 1.29 is 34.4 Å². The third-order valence-corrected chi connectivity index (χ3v) is 9.51. The van der Waals surface area contributed by atoms with Crippen molar-refractivity contribution in [2.45, 2.75) is 150 Å². The SMILES string of the molecule is CCC(C=O)C1CCC(CC)(CCCC(CC)C(C)OC)O1.CCC(O)C(C)CCc1ccc(C)c(O)c1C.O=CO. The number of phenols is 1. The first-order valence-corrected chi connectivity index (χ1v) is 16.1. The highest BCUT2D eigenvalue weighted by atomic mass is 16.5. The molecule has 1 aromatic carbocycles. The number of ether oxygens (including phenoxy) is 2. The molecule has 1 heterocycles. The number of aliphatic hydroxyl groups excluding tert-OH is 1. The fraction of sp³-hybridized carbons (Fsp3) is 0.771. The molecule has 0 radical (unpaired) electrons. The summed E-state index contributed by atoms with van der Waals surface area (Å²) in [5.74, 6) is 1.42. The van der Waals surface area contributed by atoms with Gasteiger partial charge in [-0.3, -0.25) is 4.79 Å². The highest BCUT2D eigenvalue weighted by molar-refractivity contribution is 5.54. The number of carbonyl (C=O) groups is 2. The summed E-state index contributed by atoms with van der Waals surface area (Å²) in [5.41, 5.74) is 3.09. The Balaban J connectivity index is 0.000000751. The molecule has 3 N–H and O–H groups in total. The van der Waals surface area contributed by atoms with E-state index >= 15 is 0 Å². The normalized spacial score (nSPS) is 21.5. The second-order valence-electron chi connectivity index (χ2n) is 12.1. The number of hydrogen-bond donors (Lipinski definition) is 3. The van der Waals surface area contributed by atoms with Gasteiger partial charge in [-0.2, -0.15) is 0 Å². The minimum absolute atomic E-state index is 0.00962. The van der Waals surface area contributed by atoms with Crippen LogP contribution in [0, 0.1) is 31.6 Å². The summed E-state index contributed by atoms with van der Waals surface area (Å²) in [6.45, 7) is 16.4. The van der Waals surface area contributed by atoms with Gasteiger partial charge in [-0.1, -0.05) is 59.6 Å². The molecule has 7 unspecified atom stereocenters. The quantitative estimate of drug-likeness (QED) is 0.167. The third-order valence-electron chi connectivity index (χ3n) is 9.51. The zero-order valence-electron chi connectivity index (χ0n) is 28.0. The molecule has 1 aliphatic heterocycles. The molecule has 0 amide bonds. The van der Waals surface area contributed by atoms with Gasteiger partial charge in [-0.05, 0) is 107 Å². The van der Waals surface area contributed by atoms with Crippen molar-refractivity contribution in [1.82, 2.24) is 0 Å². The van der Waals surface area contributed by atoms with Crippen molar-refractivity contribution >= 4 is 12.8 Å². The van der Waals surface area contributed by atoms with Gasteiger partial charge in [0, 0.05) is 13.0 Å². The maximum absolute atomic E-state index is 11.2. The van der Waals surface area contributed by atoms with Crippen molar-refractivity contribution in [3.8, 4) is 5.75 Å². The second-order valence-corrected chi connectivity index (χ2v) is 12.1. The standard InChI is InChI=1S/C19H36O3.C15H24O2.CH2O2/c1-6-16(15(4)21-5)10-9-12-19(8-3)13-11-18(22-19)17(7-2)14-20;1-5-14(16)10(2)6-8-13-9-7-11(3)15(17)12(13)4;2-1-3/h14-18H,6-13H2,1-5H3;7,9-10,14,16-17H,5-6,8H2,1-4H3;1H,(H,2,3). The predicted molar refractivity (Wildman–Crippen MR) is 171 cm³/mol. The van der Waals surface area contributed by atoms with Gasteiger partial charge in [0.05, 0.1) is 23.9 Å². The van der Waals surface area contributed by atoms with Crippen LogP contribution in [0.1, 0.15) is 122 Å². The number of rotatable bonds is 16. The Labute approximate surface area is 256 Å². The van der Waals surface area contributed by atoms with Crippen LogP contribution in [0.5, 0.6) is 5.75 Å². The molecule has 244 valence electrons. The topological polar surface area (TPSA) is 113 Å². The summed E-state index contributed by atoms with van der Waals surface area (Å²) in [5, 5.41) is 26.5. The number of phenolic OH excluding ortho intramolecular Hbond substituents is 1. The van der Waals surface area contributed by atoms with Gasteiger partial charge in [-0.25, -0.2) is 0 Å². The number of methoxy groups -OCH3 is 1. The molecule has 7 nitrogen and oxygen atoms in total. The summed E-state index contributed by atoms with van der Waals surface area (Å²) < 4.78 is 11.9. The van der Waals surface area contributed by atoms with E-state index < -0.39 is 0 Å². The highest BCUT2D eigenvalue weighted by Crippen LogP contribution is 2.40. The summed E-state index contributed by atoms with van der Waals surface area (Å²) in [6, 6.07) is 4.04. The maximum atomic E-state index is 11.2. The van der Waals surface area contributed by atoms with Gasteiger partial charge >= 0.3 is 0 Å². The van der Waals surface area contributed by atoms with E-state index in [0.29, 0.717) is 23.7 Å². The van der Waals surface area contributed by atoms with E-state index in [1.807, 2.05) is 26.8 Å². The average Bonchev–Trinajstić information content (AvgIpc) is 3.42. The molecule has 2 rings (SSSR count). The van der Waals surface area contributed by atoms with E-state index in [9.17, 15) is 15.0 Å². The van der Waals surface area contributed by atoms with E-state index in [4.69, 9.17) is 19.4 Å². The van der Waals surface area contributed by atoms with E-state index in [1.165, 1.54) is 24.8 Å². The van der Waals surface area contributed by atoms with Crippen LogP contribution in [-0.2, 0) is 25.5 Å². The van der Waals surface area contributed by atoms with Crippen LogP contribution < -0.4 is 0 Å². The lowest BCUT2D eigenvalue weighted by Crippen LogP contribution is -2.31. The van der Waals surface area contributed by atoms with Crippen LogP contribution in [0.2, 0.25) is 0 Å². The fourth-order valence-corrected chi connectivity index (χ4v) is 5.99. The van der Waals surface area contributed by atoms with Gasteiger partial charge in [0.1, 0.15) is 12.0 Å². The Hall–Kier alpha value is -1.96. The first-order valence-electron chi connectivity index (χ1n) is 16.1. The predicted octanol–water partition coefficient (Wildman–Crippen LogP) is 7.82. The number of hydrogen-bond acceptors (Lipinski definition) is 6. The maximum Gasteiger partial charge on any atom is 0.290 e. The molecule has 0 spiro atoms. The first-order chi connectivity index (χ1) is 19.9. The van der Waals surface area contributed by atoms with Gasteiger partial charge in [0.25, 0.3) is 6.47 Å². The molecule has 42 heavy (non-hydrogen) atoms. The van der Waals surface area contributed by atoms with Crippen molar-refractivity contribution in [3.05, 3.63) is 28.8 Å². The number of aromatic hydroxyl groups is 1. The summed E-state index contributed by atoms with van der Waals surface area (Å²) in [4.78, 5) is 19.5. The Bertz CT molecular complexity index is 873. The van der Waals surface area contributed by atoms with Gasteiger partial charge in [-0.15, -0.1) is 0 Å². The van der Waals surface area contributed by atoms with Gasteiger partial charge in [0.2, 0.25) is 0 Å². The van der Waals surface area contributed by atoms with E-state index in [0.717, 1.165) is 68.8 Å². The molecule has 7 atom stereocenters. The van der Waals surface area contributed by atoms with Gasteiger partial charge in [0.15, 0.2) is 0 Å². The van der Waals surface area contributed by atoms with E-state index in [-0.39, 0.29) is 30.2 Å². The molecule has 0 bridgehead atoms. The Morgan fingerprint density at radius 1 is 1.07 bits per heavy atom. The van der Waals surface area contributed by atoms with Crippen LogP contribution >= 0.6 is 0 Å². The number of aldehydes is 1. The molecule has 1 aromatic rings. The molecule has 7 heteroatoms. The molecule has 1 saturated heterocycles. The van der Waals surface area contributed by atoms with E-state index in [2.05, 4.69) is 40.7 Å². The molecule has 0 aromatic heterocycles. The minimum Gasteiger partial charge on any atom is -0.507 e. The van der Waals surface area contributed by atoms with Crippen LogP contribution in [0.15, 0.2) is 12.1 Å². The first kappa shape index (κ1) is 40.0. The molecule has 1 aliphatic rings. The average molecular weight is 595 g/mol. The zero-order valence-corrected chi connectivity index (χ0v) is 28.0. The molecule has 1 fully saturated rings. The molecule has 0 aliphatic carbocycles. The largest absolute Gasteiger partial charge is 0.507 e. The lowest BCUT2D eigenvalue weighted by molar-refractivity contribution is -0.123. The van der Waals surface area contributed by atoms with E-state index in [1.54, 1.807) is 7.11 Å². The lowest BCUT2D eigenvalue weighted by atomic mass is 9.86. The monoisotopic (exact) mass is 594 g/mol. The minimum atomic E-state index is -0.250. The Morgan fingerprint density at radius 2 is 1.71 bits per heavy atom. The number of carbonyl (C=O) groups excluding carboxylic acids is 1. The van der Waals surface area contributed by atoms with Crippen LogP contribution in [-0.4, -0.2) is 59.1 Å². The lowest BCUT2D eigenvalue weighted by Gasteiger charge is -2.30. The van der Waals surface area contributed by atoms with Gasteiger partial charge < -0.3 is 29.6 Å². The summed E-state index contributed by atoms with van der Waals surface area (Å²) >= 11 is 0.